The number of nitrogens with zero attached hydrogens (tertiary/aromatic N) is 2. The third kappa shape index (κ3) is 3.82. The summed E-state index contributed by atoms with van der Waals surface area (Å²) in [6.45, 7) is -0.217. The first-order chi connectivity index (χ1) is 12.5. The molecule has 26 heavy (non-hydrogen) atoms. The predicted molar refractivity (Wildman–Crippen MR) is 106 cm³/mol. The minimum atomic E-state index is -0.624. The topological polar surface area (TPSA) is 120 Å². The van der Waals surface area contributed by atoms with Gasteiger partial charge in [-0.2, -0.15) is 5.10 Å². The standard InChI is InChI=1S/C17H13IN4O4/c18-12-7-10(5-6-14(12)26-9-15(19)23)8-20-22-16(24)11-3-1-2-4-13(11)21-17(22)25/h1-8H,9H2,(H2,19,23)(H,21,25). The minimum Gasteiger partial charge on any atom is -0.483 e. The highest BCUT2D eigenvalue weighted by molar-refractivity contribution is 14.1. The van der Waals surface area contributed by atoms with Crippen molar-refractivity contribution in [3.8, 4) is 5.75 Å². The van der Waals surface area contributed by atoms with Crippen molar-refractivity contribution in [3.63, 3.8) is 0 Å². The van der Waals surface area contributed by atoms with Crippen LogP contribution < -0.4 is 21.7 Å². The molecule has 9 heteroatoms. The van der Waals surface area contributed by atoms with Gasteiger partial charge in [0.15, 0.2) is 6.61 Å². The molecule has 0 aliphatic heterocycles. The number of fused-ring (bicyclic) bond motifs is 1. The van der Waals surface area contributed by atoms with Crippen LogP contribution in [-0.2, 0) is 4.79 Å². The van der Waals surface area contributed by atoms with E-state index in [-0.39, 0.29) is 6.61 Å². The first kappa shape index (κ1) is 17.9. The van der Waals surface area contributed by atoms with Crippen LogP contribution in [0.5, 0.6) is 5.75 Å². The van der Waals surface area contributed by atoms with Crippen LogP contribution in [0, 0.1) is 3.57 Å². The number of amides is 1. The van der Waals surface area contributed by atoms with E-state index < -0.39 is 17.2 Å². The summed E-state index contributed by atoms with van der Waals surface area (Å²) in [6, 6.07) is 11.8. The summed E-state index contributed by atoms with van der Waals surface area (Å²) >= 11 is 2.04. The van der Waals surface area contributed by atoms with E-state index in [9.17, 15) is 14.4 Å². The Morgan fingerprint density at radius 3 is 2.77 bits per heavy atom. The molecule has 8 nitrogen and oxygen atoms in total. The fourth-order valence-corrected chi connectivity index (χ4v) is 2.94. The second kappa shape index (κ2) is 7.52. The molecule has 3 aromatic rings. The Kier molecular flexibility index (Phi) is 5.16. The fraction of sp³-hybridized carbons (Fsp3) is 0.0588. The summed E-state index contributed by atoms with van der Waals surface area (Å²) < 4.78 is 6.77. The maximum Gasteiger partial charge on any atom is 0.349 e. The highest BCUT2D eigenvalue weighted by Gasteiger charge is 2.06. The van der Waals surface area contributed by atoms with Crippen LogP contribution in [0.1, 0.15) is 5.56 Å². The average Bonchev–Trinajstić information content (AvgIpc) is 2.60. The maximum absolute atomic E-state index is 12.4. The summed E-state index contributed by atoms with van der Waals surface area (Å²) in [6.07, 6.45) is 1.39. The molecule has 0 aliphatic rings. The lowest BCUT2D eigenvalue weighted by Gasteiger charge is -2.06. The van der Waals surface area contributed by atoms with E-state index in [0.29, 0.717) is 22.2 Å². The molecule has 1 aromatic heterocycles. The van der Waals surface area contributed by atoms with Crippen molar-refractivity contribution in [3.05, 3.63) is 72.4 Å². The Bertz CT molecular complexity index is 1130. The van der Waals surface area contributed by atoms with Gasteiger partial charge in [0.05, 0.1) is 20.7 Å². The lowest BCUT2D eigenvalue weighted by molar-refractivity contribution is -0.119. The highest BCUT2D eigenvalue weighted by Crippen LogP contribution is 2.21. The van der Waals surface area contributed by atoms with E-state index in [2.05, 4.69) is 10.1 Å². The van der Waals surface area contributed by atoms with Gasteiger partial charge >= 0.3 is 5.69 Å². The zero-order valence-electron chi connectivity index (χ0n) is 13.3. The molecule has 3 rings (SSSR count). The second-order valence-electron chi connectivity index (χ2n) is 5.28. The van der Waals surface area contributed by atoms with Gasteiger partial charge in [-0.25, -0.2) is 4.79 Å². The van der Waals surface area contributed by atoms with Crippen molar-refractivity contribution in [1.82, 2.24) is 9.66 Å². The SMILES string of the molecule is NC(=O)COc1ccc(C=Nn2c(=O)[nH]c3ccccc3c2=O)cc1I. The van der Waals surface area contributed by atoms with Crippen LogP contribution in [0.15, 0.2) is 57.2 Å². The van der Waals surface area contributed by atoms with E-state index in [0.717, 1.165) is 8.25 Å². The number of carbonyl (C=O) groups is 1. The van der Waals surface area contributed by atoms with Gasteiger partial charge in [0.25, 0.3) is 11.5 Å². The number of para-hydroxylation sites is 1. The number of nitrogens with one attached hydrogen (secondary N) is 1. The number of benzene rings is 2. The van der Waals surface area contributed by atoms with E-state index in [1.807, 2.05) is 22.6 Å². The molecule has 0 bridgehead atoms. The Labute approximate surface area is 160 Å². The number of aromatic amines is 1. The van der Waals surface area contributed by atoms with Gasteiger partial charge in [0, 0.05) is 0 Å². The molecule has 1 amide bonds. The van der Waals surface area contributed by atoms with Crippen LogP contribution >= 0.6 is 22.6 Å². The molecular weight excluding hydrogens is 451 g/mol. The van der Waals surface area contributed by atoms with E-state index in [1.54, 1.807) is 42.5 Å². The van der Waals surface area contributed by atoms with Crippen LogP contribution in [0.25, 0.3) is 10.9 Å². The number of H-pyrrole nitrogens is 1. The summed E-state index contributed by atoms with van der Waals surface area (Å²) in [5, 5.41) is 4.36. The summed E-state index contributed by atoms with van der Waals surface area (Å²) in [7, 11) is 0. The molecular formula is C17H13IN4O4. The lowest BCUT2D eigenvalue weighted by atomic mass is 10.2. The second-order valence-corrected chi connectivity index (χ2v) is 6.44. The van der Waals surface area contributed by atoms with Gasteiger partial charge in [0.1, 0.15) is 5.75 Å². The normalized spacial score (nSPS) is 11.1. The fourth-order valence-electron chi connectivity index (χ4n) is 2.25. The number of nitrogens with two attached hydrogens (primary N) is 1. The number of carbonyl (C=O) groups excluding carboxylic acids is 1. The lowest BCUT2D eigenvalue weighted by Crippen LogP contribution is -2.32. The Morgan fingerprint density at radius 1 is 1.27 bits per heavy atom. The number of primary amides is 1. The Morgan fingerprint density at radius 2 is 2.04 bits per heavy atom. The van der Waals surface area contributed by atoms with Crippen LogP contribution in [0.2, 0.25) is 0 Å². The minimum absolute atomic E-state index is 0.217. The van der Waals surface area contributed by atoms with Crippen LogP contribution in [0.3, 0.4) is 0 Å². The predicted octanol–water partition coefficient (Wildman–Crippen LogP) is 1.04. The van der Waals surface area contributed by atoms with Crippen molar-refractivity contribution >= 4 is 45.6 Å². The first-order valence-electron chi connectivity index (χ1n) is 7.45. The number of hydrogen-bond acceptors (Lipinski definition) is 5. The summed E-state index contributed by atoms with van der Waals surface area (Å²) in [5.41, 5.74) is 5.03. The van der Waals surface area contributed by atoms with Gasteiger partial charge in [-0.15, -0.1) is 4.68 Å². The molecule has 1 heterocycles. The molecule has 0 fully saturated rings. The average molecular weight is 464 g/mol. The van der Waals surface area contributed by atoms with E-state index in [4.69, 9.17) is 10.5 Å². The van der Waals surface area contributed by atoms with Crippen molar-refractivity contribution < 1.29 is 9.53 Å². The molecule has 0 saturated carbocycles. The Balaban J connectivity index is 1.92. The van der Waals surface area contributed by atoms with Gasteiger partial charge in [-0.1, -0.05) is 12.1 Å². The largest absolute Gasteiger partial charge is 0.483 e. The zero-order valence-corrected chi connectivity index (χ0v) is 15.5. The first-order valence-corrected chi connectivity index (χ1v) is 8.52. The summed E-state index contributed by atoms with van der Waals surface area (Å²) in [4.78, 5) is 37.9. The number of rotatable bonds is 5. The van der Waals surface area contributed by atoms with Gasteiger partial charge in [0.2, 0.25) is 0 Å². The van der Waals surface area contributed by atoms with Crippen molar-refractivity contribution in [2.75, 3.05) is 6.61 Å². The quantitative estimate of drug-likeness (QED) is 0.433. The van der Waals surface area contributed by atoms with Crippen LogP contribution in [-0.4, -0.2) is 28.4 Å². The summed E-state index contributed by atoms with van der Waals surface area (Å²) in [5.74, 6) is -0.0661. The molecule has 0 spiro atoms. The third-order valence-electron chi connectivity index (χ3n) is 3.43. The number of aromatic nitrogens is 2. The molecule has 2 aromatic carbocycles. The number of ether oxygens (including phenoxy) is 1. The number of hydrogen-bond donors (Lipinski definition) is 2. The third-order valence-corrected chi connectivity index (χ3v) is 4.27. The molecule has 0 unspecified atom stereocenters. The zero-order chi connectivity index (χ0) is 18.7. The van der Waals surface area contributed by atoms with E-state index in [1.165, 1.54) is 6.21 Å². The van der Waals surface area contributed by atoms with Gasteiger partial charge in [-0.05, 0) is 58.5 Å². The van der Waals surface area contributed by atoms with Crippen LogP contribution in [0.4, 0.5) is 0 Å². The van der Waals surface area contributed by atoms with Crippen molar-refractivity contribution in [1.29, 1.82) is 0 Å². The van der Waals surface area contributed by atoms with E-state index >= 15 is 0 Å². The van der Waals surface area contributed by atoms with Crippen molar-refractivity contribution in [2.45, 2.75) is 0 Å². The maximum atomic E-state index is 12.4. The molecule has 3 N–H and O–H groups in total. The molecule has 0 saturated heterocycles. The molecule has 132 valence electrons. The Hall–Kier alpha value is -2.95. The monoisotopic (exact) mass is 464 g/mol. The highest BCUT2D eigenvalue weighted by atomic mass is 127. The smallest absolute Gasteiger partial charge is 0.349 e. The molecule has 0 atom stereocenters. The molecule has 0 aliphatic carbocycles. The van der Waals surface area contributed by atoms with Gasteiger partial charge in [-0.3, -0.25) is 9.59 Å². The number of halogens is 1. The van der Waals surface area contributed by atoms with Crippen molar-refractivity contribution in [2.24, 2.45) is 10.8 Å². The van der Waals surface area contributed by atoms with Gasteiger partial charge < -0.3 is 15.5 Å². The molecule has 0 radical (unpaired) electrons.